The van der Waals surface area contributed by atoms with Gasteiger partial charge in [0, 0.05) is 11.5 Å². The summed E-state index contributed by atoms with van der Waals surface area (Å²) in [5, 5.41) is 4.62. The fraction of sp³-hybridized carbons (Fsp3) is 0.750. The third kappa shape index (κ3) is 2.07. The number of likely N-dealkylation sites (N-methyl/N-ethyl adjacent to an activating group) is 1. The number of ether oxygens (including phenoxy) is 1. The summed E-state index contributed by atoms with van der Waals surface area (Å²) in [6.45, 7) is 8.18. The molecule has 4 heteroatoms. The van der Waals surface area contributed by atoms with Crippen molar-refractivity contribution in [3.63, 3.8) is 0 Å². The van der Waals surface area contributed by atoms with Crippen LogP contribution < -0.4 is 4.74 Å². The molecule has 1 aliphatic heterocycles. The van der Waals surface area contributed by atoms with Gasteiger partial charge in [0.05, 0.1) is 18.3 Å². The average Bonchev–Trinajstić information content (AvgIpc) is 2.58. The molecule has 1 aliphatic rings. The summed E-state index contributed by atoms with van der Waals surface area (Å²) in [6.07, 6.45) is 0. The Morgan fingerprint density at radius 3 is 2.69 bits per heavy atom. The van der Waals surface area contributed by atoms with E-state index in [0.717, 1.165) is 24.7 Å². The highest BCUT2D eigenvalue weighted by atomic mass is 16.5. The third-order valence-corrected chi connectivity index (χ3v) is 3.05. The van der Waals surface area contributed by atoms with Crippen molar-refractivity contribution >= 4 is 0 Å². The lowest BCUT2D eigenvalue weighted by Gasteiger charge is -2.28. The van der Waals surface area contributed by atoms with E-state index in [0.29, 0.717) is 6.04 Å². The van der Waals surface area contributed by atoms with E-state index in [2.05, 4.69) is 50.9 Å². The van der Waals surface area contributed by atoms with Crippen LogP contribution in [0.25, 0.3) is 0 Å². The van der Waals surface area contributed by atoms with Crippen molar-refractivity contribution in [1.82, 2.24) is 14.7 Å². The van der Waals surface area contributed by atoms with E-state index >= 15 is 0 Å². The number of aromatic nitrogens is 2. The predicted molar refractivity (Wildman–Crippen MR) is 63.9 cm³/mol. The van der Waals surface area contributed by atoms with Gasteiger partial charge in [0.1, 0.15) is 6.61 Å². The largest absolute Gasteiger partial charge is 0.476 e. The van der Waals surface area contributed by atoms with Crippen LogP contribution in [0.15, 0.2) is 6.07 Å². The highest BCUT2D eigenvalue weighted by Gasteiger charge is 2.26. The second-order valence-corrected chi connectivity index (χ2v) is 5.73. The summed E-state index contributed by atoms with van der Waals surface area (Å²) in [5.74, 6) is 0.906. The van der Waals surface area contributed by atoms with Gasteiger partial charge in [0.25, 0.3) is 0 Å². The highest BCUT2D eigenvalue weighted by Crippen LogP contribution is 2.27. The maximum Gasteiger partial charge on any atom is 0.212 e. The van der Waals surface area contributed by atoms with Gasteiger partial charge < -0.3 is 9.64 Å². The van der Waals surface area contributed by atoms with E-state index in [1.807, 2.05) is 4.68 Å². The molecular formula is C12H21N3O. The molecule has 2 heterocycles. The maximum absolute atomic E-state index is 5.73. The molecule has 4 nitrogen and oxygen atoms in total. The summed E-state index contributed by atoms with van der Waals surface area (Å²) < 4.78 is 7.71. The predicted octanol–water partition coefficient (Wildman–Crippen LogP) is 1.50. The molecule has 0 radical (unpaired) electrons. The number of rotatable bonds is 1. The van der Waals surface area contributed by atoms with E-state index < -0.39 is 0 Å². The van der Waals surface area contributed by atoms with Crippen LogP contribution in [-0.2, 0) is 12.0 Å². The van der Waals surface area contributed by atoms with Crippen LogP contribution in [0.2, 0.25) is 0 Å². The summed E-state index contributed by atoms with van der Waals surface area (Å²) in [5.41, 5.74) is 1.18. The fourth-order valence-electron chi connectivity index (χ4n) is 1.76. The molecule has 90 valence electrons. The van der Waals surface area contributed by atoms with Gasteiger partial charge >= 0.3 is 0 Å². The number of fused-ring (bicyclic) bond motifs is 1. The molecule has 0 N–H and O–H groups in total. The van der Waals surface area contributed by atoms with Crippen LogP contribution in [0.1, 0.15) is 26.5 Å². The Morgan fingerprint density at radius 2 is 2.12 bits per heavy atom. The lowest BCUT2D eigenvalue weighted by molar-refractivity contribution is 0.120. The minimum absolute atomic E-state index is 0.0846. The monoisotopic (exact) mass is 223 g/mol. The first-order chi connectivity index (χ1) is 7.38. The van der Waals surface area contributed by atoms with E-state index in [9.17, 15) is 0 Å². The molecule has 16 heavy (non-hydrogen) atoms. The van der Waals surface area contributed by atoms with E-state index in [1.165, 1.54) is 0 Å². The molecule has 1 aromatic rings. The summed E-state index contributed by atoms with van der Waals surface area (Å²) in [4.78, 5) is 2.18. The SMILES string of the molecule is CN(C)C1COc2cc(C(C)(C)C)nn2C1. The Balaban J connectivity index is 2.23. The van der Waals surface area contributed by atoms with E-state index in [-0.39, 0.29) is 5.41 Å². The molecule has 0 fully saturated rings. The highest BCUT2D eigenvalue weighted by molar-refractivity contribution is 5.23. The second-order valence-electron chi connectivity index (χ2n) is 5.73. The third-order valence-electron chi connectivity index (χ3n) is 3.05. The van der Waals surface area contributed by atoms with Crippen LogP contribution in [0, 0.1) is 0 Å². The Kier molecular flexibility index (Phi) is 2.70. The van der Waals surface area contributed by atoms with Crippen molar-refractivity contribution in [1.29, 1.82) is 0 Å². The van der Waals surface area contributed by atoms with Crippen molar-refractivity contribution < 1.29 is 4.74 Å². The van der Waals surface area contributed by atoms with Crippen molar-refractivity contribution in [3.05, 3.63) is 11.8 Å². The van der Waals surface area contributed by atoms with Gasteiger partial charge in [-0.25, -0.2) is 4.68 Å². The molecule has 0 bridgehead atoms. The lowest BCUT2D eigenvalue weighted by atomic mass is 9.93. The first kappa shape index (κ1) is 11.5. The van der Waals surface area contributed by atoms with Crippen LogP contribution in [-0.4, -0.2) is 41.4 Å². The molecule has 0 aromatic carbocycles. The molecule has 2 rings (SSSR count). The molecular weight excluding hydrogens is 202 g/mol. The van der Waals surface area contributed by atoms with Crippen molar-refractivity contribution in [2.75, 3.05) is 20.7 Å². The second kappa shape index (κ2) is 3.77. The van der Waals surface area contributed by atoms with Gasteiger partial charge in [-0.05, 0) is 14.1 Å². The zero-order chi connectivity index (χ0) is 11.9. The molecule has 1 aromatic heterocycles. The van der Waals surface area contributed by atoms with Gasteiger partial charge in [0.2, 0.25) is 5.88 Å². The normalized spacial score (nSPS) is 20.8. The van der Waals surface area contributed by atoms with Gasteiger partial charge in [-0.3, -0.25) is 0 Å². The van der Waals surface area contributed by atoms with Crippen LogP contribution >= 0.6 is 0 Å². The standard InChI is InChI=1S/C12H21N3O/c1-12(2,3)10-6-11-15(13-10)7-9(8-16-11)14(4)5/h6,9H,7-8H2,1-5H3. The van der Waals surface area contributed by atoms with Crippen molar-refractivity contribution in [2.45, 2.75) is 38.8 Å². The molecule has 0 aliphatic carbocycles. The quantitative estimate of drug-likeness (QED) is 0.723. The van der Waals surface area contributed by atoms with Gasteiger partial charge in [0.15, 0.2) is 0 Å². The van der Waals surface area contributed by atoms with Crippen LogP contribution in [0.5, 0.6) is 5.88 Å². The number of nitrogens with zero attached hydrogens (tertiary/aromatic N) is 3. The zero-order valence-electron chi connectivity index (χ0n) is 10.8. The first-order valence-corrected chi connectivity index (χ1v) is 5.75. The lowest BCUT2D eigenvalue weighted by Crippen LogP contribution is -2.41. The molecule has 0 saturated heterocycles. The summed E-state index contributed by atoms with van der Waals surface area (Å²) in [6, 6.07) is 2.48. The van der Waals surface area contributed by atoms with Gasteiger partial charge in [-0.2, -0.15) is 5.10 Å². The van der Waals surface area contributed by atoms with E-state index in [1.54, 1.807) is 0 Å². The minimum Gasteiger partial charge on any atom is -0.476 e. The Labute approximate surface area is 97.2 Å². The van der Waals surface area contributed by atoms with Crippen molar-refractivity contribution in [3.8, 4) is 5.88 Å². The molecule has 0 spiro atoms. The Morgan fingerprint density at radius 1 is 1.44 bits per heavy atom. The topological polar surface area (TPSA) is 30.3 Å². The minimum atomic E-state index is 0.0846. The Hall–Kier alpha value is -1.03. The van der Waals surface area contributed by atoms with Gasteiger partial charge in [-0.15, -0.1) is 0 Å². The summed E-state index contributed by atoms with van der Waals surface area (Å²) in [7, 11) is 4.15. The molecule has 0 saturated carbocycles. The summed E-state index contributed by atoms with van der Waals surface area (Å²) >= 11 is 0. The first-order valence-electron chi connectivity index (χ1n) is 5.75. The number of hydrogen-bond donors (Lipinski definition) is 0. The van der Waals surface area contributed by atoms with Crippen LogP contribution in [0.3, 0.4) is 0 Å². The number of hydrogen-bond acceptors (Lipinski definition) is 3. The van der Waals surface area contributed by atoms with Crippen molar-refractivity contribution in [2.24, 2.45) is 0 Å². The average molecular weight is 223 g/mol. The molecule has 1 unspecified atom stereocenters. The van der Waals surface area contributed by atoms with Crippen LogP contribution in [0.4, 0.5) is 0 Å². The maximum atomic E-state index is 5.73. The molecule has 0 amide bonds. The van der Waals surface area contributed by atoms with Gasteiger partial charge in [-0.1, -0.05) is 20.8 Å². The Bertz CT molecular complexity index is 376. The fourth-order valence-corrected chi connectivity index (χ4v) is 1.76. The smallest absolute Gasteiger partial charge is 0.212 e. The zero-order valence-corrected chi connectivity index (χ0v) is 10.8. The van der Waals surface area contributed by atoms with E-state index in [4.69, 9.17) is 4.74 Å². The molecule has 1 atom stereocenters.